The molecule has 0 aliphatic carbocycles. The van der Waals surface area contributed by atoms with Crippen LogP contribution in [0.25, 0.3) is 0 Å². The Hall–Kier alpha value is 0. The predicted octanol–water partition coefficient (Wildman–Crippen LogP) is 5.38. The average Bonchev–Trinajstić information content (AvgIpc) is 2.03. The minimum absolute atomic E-state index is 0. The molecule has 0 rings (SSSR count). The predicted molar refractivity (Wildman–Crippen MR) is 58.9 cm³/mol. The molecule has 72 valence electrons. The standard InChI is InChI=1S/4C2H6.2CH4/c4*1-2;;/h4*1-2H3;2*1H4. The first-order chi connectivity index (χ1) is 4.00. The maximum atomic E-state index is 2.00. The number of hydrogen-bond donors (Lipinski definition) is 0. The van der Waals surface area contributed by atoms with Gasteiger partial charge in [-0.2, -0.15) is 0 Å². The summed E-state index contributed by atoms with van der Waals surface area (Å²) in [6, 6.07) is 0. The molecule has 0 heteroatoms. The van der Waals surface area contributed by atoms with Crippen molar-refractivity contribution < 1.29 is 0 Å². The van der Waals surface area contributed by atoms with Gasteiger partial charge in [0.25, 0.3) is 0 Å². The van der Waals surface area contributed by atoms with E-state index in [1.54, 1.807) is 0 Å². The lowest BCUT2D eigenvalue weighted by Crippen LogP contribution is -0.856. The summed E-state index contributed by atoms with van der Waals surface area (Å²) in [6.45, 7) is 16.0. The smallest absolute Gasteiger partial charge is 0.0683 e. The van der Waals surface area contributed by atoms with Gasteiger partial charge in [0.1, 0.15) is 0 Å². The first-order valence-electron chi connectivity index (χ1n) is 4.00. The molecular formula is C10H32. The zero-order valence-electron chi connectivity index (χ0n) is 8.00. The van der Waals surface area contributed by atoms with Crippen molar-refractivity contribution in [3.63, 3.8) is 0 Å². The summed E-state index contributed by atoms with van der Waals surface area (Å²) in [6.07, 6.45) is 0. The van der Waals surface area contributed by atoms with Crippen LogP contribution in [0.4, 0.5) is 0 Å². The van der Waals surface area contributed by atoms with Gasteiger partial charge in [0.05, 0.1) is 0 Å². The average molecular weight is 152 g/mol. The molecule has 0 unspecified atom stereocenters. The molecule has 0 radical (unpaired) electrons. The van der Waals surface area contributed by atoms with Crippen molar-refractivity contribution in [2.24, 2.45) is 0 Å². The quantitative estimate of drug-likeness (QED) is 0.437. The Bertz CT molecular complexity index is 0. The summed E-state index contributed by atoms with van der Waals surface area (Å²) in [5.41, 5.74) is 0. The van der Waals surface area contributed by atoms with Crippen LogP contribution in [0.5, 0.6) is 0 Å². The lowest BCUT2D eigenvalue weighted by Gasteiger charge is -1.07. The molecule has 0 heterocycles. The highest BCUT2D eigenvalue weighted by Crippen LogP contribution is 1.15. The molecule has 0 saturated heterocycles. The summed E-state index contributed by atoms with van der Waals surface area (Å²) in [5, 5.41) is 0. The highest BCUT2D eigenvalue weighted by molar-refractivity contribution is 3.51. The Labute approximate surface area is 71.1 Å². The van der Waals surface area contributed by atoms with Crippen LogP contribution in [0.3, 0.4) is 0 Å². The minimum Gasteiger partial charge on any atom is -0.0776 e. The third-order valence-corrected chi connectivity index (χ3v) is 0. The fraction of sp³-hybridized carbons (Fsp3) is 1.00. The Balaban J connectivity index is -0.00000000500. The molecule has 0 bridgehead atoms. The first-order valence-corrected chi connectivity index (χ1v) is 4.00. The van der Waals surface area contributed by atoms with Crippen molar-refractivity contribution in [2.75, 3.05) is 0 Å². The lowest BCUT2D eigenvalue weighted by atomic mass is 11.0. The van der Waals surface area contributed by atoms with E-state index in [0.717, 1.165) is 0 Å². The van der Waals surface area contributed by atoms with E-state index in [9.17, 15) is 0 Å². The molecule has 0 fully saturated rings. The third kappa shape index (κ3) is 0. The SMILES string of the molecule is C.C.CC.CC.CC.CC. The van der Waals surface area contributed by atoms with Gasteiger partial charge in [0.15, 0.2) is 0 Å². The van der Waals surface area contributed by atoms with E-state index in [1.807, 2.05) is 55.4 Å². The molecule has 0 aromatic rings. The van der Waals surface area contributed by atoms with E-state index in [0.29, 0.717) is 0 Å². The van der Waals surface area contributed by atoms with Gasteiger partial charge in [-0.15, -0.1) is 0 Å². The molecule has 0 aliphatic heterocycles. The van der Waals surface area contributed by atoms with Crippen LogP contribution in [-0.2, 0) is 0 Å². The number of rotatable bonds is 0. The second-order valence-electron chi connectivity index (χ2n) is 0. The van der Waals surface area contributed by atoms with Gasteiger partial charge in [0, 0.05) is 0 Å². The fourth-order valence-electron chi connectivity index (χ4n) is 0. The van der Waals surface area contributed by atoms with Crippen LogP contribution in [0, 0.1) is 0 Å². The maximum Gasteiger partial charge on any atom is -0.0683 e. The molecule has 0 spiro atoms. The molecule has 0 amide bonds. The van der Waals surface area contributed by atoms with E-state index in [2.05, 4.69) is 0 Å². The van der Waals surface area contributed by atoms with Crippen LogP contribution in [0.2, 0.25) is 0 Å². The van der Waals surface area contributed by atoms with Crippen molar-refractivity contribution >= 4 is 0 Å². The van der Waals surface area contributed by atoms with Crippen molar-refractivity contribution in [3.05, 3.63) is 0 Å². The van der Waals surface area contributed by atoms with Crippen molar-refractivity contribution in [3.8, 4) is 0 Å². The Morgan fingerprint density at radius 1 is 0.300 bits per heavy atom. The first kappa shape index (κ1) is 50.6. The molecule has 0 aromatic heterocycles. The van der Waals surface area contributed by atoms with Crippen LogP contribution in [0.15, 0.2) is 0 Å². The third-order valence-electron chi connectivity index (χ3n) is 0. The van der Waals surface area contributed by atoms with Crippen LogP contribution < -0.4 is 0 Å². The molecule has 0 atom stereocenters. The van der Waals surface area contributed by atoms with E-state index >= 15 is 0 Å². The fourth-order valence-corrected chi connectivity index (χ4v) is 0. The number of hydrogen-bond acceptors (Lipinski definition) is 0. The topological polar surface area (TPSA) is 0 Å². The molecule has 0 aromatic carbocycles. The minimum atomic E-state index is 0. The summed E-state index contributed by atoms with van der Waals surface area (Å²) in [7, 11) is 0. The van der Waals surface area contributed by atoms with Gasteiger partial charge < -0.3 is 0 Å². The summed E-state index contributed by atoms with van der Waals surface area (Å²) in [4.78, 5) is 0. The van der Waals surface area contributed by atoms with E-state index in [4.69, 9.17) is 0 Å². The van der Waals surface area contributed by atoms with Crippen molar-refractivity contribution in [2.45, 2.75) is 70.2 Å². The lowest BCUT2D eigenvalue weighted by molar-refractivity contribution is 1.50. The Kier molecular flexibility index (Phi) is 0. The highest BCUT2D eigenvalue weighted by atomic mass is 13.0. The van der Waals surface area contributed by atoms with Gasteiger partial charge >= 0.3 is 0 Å². The van der Waals surface area contributed by atoms with Gasteiger partial charge in [-0.1, -0.05) is 70.2 Å². The van der Waals surface area contributed by atoms with Crippen molar-refractivity contribution in [1.82, 2.24) is 0 Å². The largest absolute Gasteiger partial charge is 0.0776 e. The van der Waals surface area contributed by atoms with Crippen LogP contribution in [-0.4, -0.2) is 0 Å². The second kappa shape index (κ2) is 0. The van der Waals surface area contributed by atoms with E-state index in [1.165, 1.54) is 0 Å². The molecule has 0 saturated carbocycles. The summed E-state index contributed by atoms with van der Waals surface area (Å²) >= 11 is 0. The summed E-state index contributed by atoms with van der Waals surface area (Å²) < 4.78 is 0. The van der Waals surface area contributed by atoms with E-state index < -0.39 is 0 Å². The van der Waals surface area contributed by atoms with Gasteiger partial charge in [-0.05, 0) is 0 Å². The monoisotopic (exact) mass is 152 g/mol. The zero-order chi connectivity index (χ0) is 8.00. The maximum absolute atomic E-state index is 2.00. The van der Waals surface area contributed by atoms with E-state index in [-0.39, 0.29) is 14.9 Å². The molecular weight excluding hydrogens is 120 g/mol. The summed E-state index contributed by atoms with van der Waals surface area (Å²) in [5.74, 6) is 0. The highest BCUT2D eigenvalue weighted by Gasteiger charge is 0.938. The van der Waals surface area contributed by atoms with Crippen LogP contribution >= 0.6 is 0 Å². The van der Waals surface area contributed by atoms with Gasteiger partial charge in [-0.3, -0.25) is 0 Å². The molecule has 0 nitrogen and oxygen atoms in total. The van der Waals surface area contributed by atoms with Gasteiger partial charge in [0.2, 0.25) is 0 Å². The molecule has 0 N–H and O–H groups in total. The van der Waals surface area contributed by atoms with Crippen LogP contribution in [0.1, 0.15) is 70.2 Å². The van der Waals surface area contributed by atoms with Gasteiger partial charge in [-0.25, -0.2) is 0 Å². The zero-order valence-corrected chi connectivity index (χ0v) is 8.00. The second-order valence-corrected chi connectivity index (χ2v) is 0. The Morgan fingerprint density at radius 3 is 0.300 bits per heavy atom. The normalized spacial score (nSPS) is 2.40. The Morgan fingerprint density at radius 2 is 0.300 bits per heavy atom. The molecule has 0 aliphatic rings. The molecule has 10 heavy (non-hydrogen) atoms. The van der Waals surface area contributed by atoms with Crippen molar-refractivity contribution in [1.29, 1.82) is 0 Å².